The Morgan fingerprint density at radius 1 is 0.884 bits per heavy atom. The van der Waals surface area contributed by atoms with Gasteiger partial charge in [0, 0.05) is 6.54 Å². The molecule has 0 aromatic heterocycles. The van der Waals surface area contributed by atoms with Gasteiger partial charge in [0.05, 0.1) is 34.6 Å². The fourth-order valence-electron chi connectivity index (χ4n) is 4.97. The Morgan fingerprint density at radius 2 is 1.51 bits per heavy atom. The molecule has 43 heavy (non-hydrogen) atoms. The highest BCUT2D eigenvalue weighted by atomic mass is 32.2. The average Bonchev–Trinajstić information content (AvgIpc) is 3.29. The second-order valence-corrected chi connectivity index (χ2v) is 13.3. The van der Waals surface area contributed by atoms with Gasteiger partial charge in [-0.3, -0.25) is 9.59 Å². The fraction of sp³-hybridized carbons (Fsp3) is 0.167. The van der Waals surface area contributed by atoms with Crippen molar-refractivity contribution in [2.75, 3.05) is 18.6 Å². The van der Waals surface area contributed by atoms with Crippen LogP contribution in [0.4, 0.5) is 5.69 Å². The van der Waals surface area contributed by atoms with Crippen LogP contribution in [0, 0.1) is 0 Å². The number of anilines is 1. The summed E-state index contributed by atoms with van der Waals surface area (Å²) in [5, 5.41) is 6.69. The third-order valence-electron chi connectivity index (χ3n) is 7.22. The summed E-state index contributed by atoms with van der Waals surface area (Å²) in [5.41, 5.74) is 1.00. The lowest BCUT2D eigenvalue weighted by molar-refractivity contribution is -0.122. The van der Waals surface area contributed by atoms with E-state index in [1.165, 1.54) is 67.8 Å². The molecule has 2 amide bonds. The van der Waals surface area contributed by atoms with Crippen LogP contribution in [0.5, 0.6) is 0 Å². The largest absolute Gasteiger partial charge is 0.465 e. The molecule has 4 aromatic rings. The van der Waals surface area contributed by atoms with Crippen molar-refractivity contribution >= 4 is 54.3 Å². The summed E-state index contributed by atoms with van der Waals surface area (Å²) >= 11 is 0. The standard InChI is InChI=1S/C30H27N3O8S2/c1-41-30(36)22-8-11-24(12-9-22)33-28(34)19-27(29(33)35)32(17-16-20-6-13-25(14-7-20)42(31,37)38)43(39,40)26-15-10-21-4-2-3-5-23(21)18-26/h2-15,18,27H,16-17,19H2,1H3,(H2,31,37,38). The lowest BCUT2D eigenvalue weighted by atomic mass is 10.1. The van der Waals surface area contributed by atoms with E-state index in [9.17, 15) is 31.2 Å². The molecule has 1 unspecified atom stereocenters. The number of sulfonamides is 2. The molecule has 1 aliphatic heterocycles. The molecule has 222 valence electrons. The Kier molecular flexibility index (Phi) is 8.16. The third kappa shape index (κ3) is 6.06. The monoisotopic (exact) mass is 621 g/mol. The minimum atomic E-state index is -4.30. The van der Waals surface area contributed by atoms with Gasteiger partial charge < -0.3 is 4.74 Å². The molecular weight excluding hydrogens is 594 g/mol. The van der Waals surface area contributed by atoms with Crippen molar-refractivity contribution in [1.82, 2.24) is 4.31 Å². The summed E-state index contributed by atoms with van der Waals surface area (Å²) in [6.45, 7) is -0.178. The molecule has 5 rings (SSSR count). The van der Waals surface area contributed by atoms with E-state index in [1.54, 1.807) is 18.2 Å². The van der Waals surface area contributed by atoms with Gasteiger partial charge in [0.2, 0.25) is 26.0 Å². The number of carbonyl (C=O) groups excluding carboxylic acids is 3. The van der Waals surface area contributed by atoms with E-state index in [2.05, 4.69) is 4.74 Å². The maximum atomic E-state index is 14.1. The topological polar surface area (TPSA) is 161 Å². The second kappa shape index (κ2) is 11.7. The number of nitrogens with zero attached hydrogens (tertiary/aromatic N) is 2. The number of rotatable bonds is 9. The number of methoxy groups -OCH3 is 1. The van der Waals surface area contributed by atoms with Crippen LogP contribution in [0.15, 0.2) is 101 Å². The zero-order valence-electron chi connectivity index (χ0n) is 22.9. The van der Waals surface area contributed by atoms with Gasteiger partial charge in [-0.05, 0) is 71.3 Å². The Labute approximate surface area is 248 Å². The van der Waals surface area contributed by atoms with Gasteiger partial charge in [0.15, 0.2) is 0 Å². The summed E-state index contributed by atoms with van der Waals surface area (Å²) < 4.78 is 57.2. The minimum Gasteiger partial charge on any atom is -0.465 e. The van der Waals surface area contributed by atoms with Crippen molar-refractivity contribution < 1.29 is 36.0 Å². The van der Waals surface area contributed by atoms with E-state index in [0.29, 0.717) is 10.9 Å². The summed E-state index contributed by atoms with van der Waals surface area (Å²) in [6.07, 6.45) is -0.280. The zero-order chi connectivity index (χ0) is 30.9. The number of esters is 1. The maximum Gasteiger partial charge on any atom is 0.337 e. The quantitative estimate of drug-likeness (QED) is 0.220. The molecular formula is C30H27N3O8S2. The molecule has 2 N–H and O–H groups in total. The van der Waals surface area contributed by atoms with Crippen molar-refractivity contribution in [2.45, 2.75) is 28.7 Å². The van der Waals surface area contributed by atoms with Gasteiger partial charge in [-0.15, -0.1) is 0 Å². The average molecular weight is 622 g/mol. The van der Waals surface area contributed by atoms with Crippen molar-refractivity contribution in [2.24, 2.45) is 5.14 Å². The third-order valence-corrected chi connectivity index (χ3v) is 10.1. The van der Waals surface area contributed by atoms with Gasteiger partial charge in [-0.2, -0.15) is 4.31 Å². The number of hydrogen-bond acceptors (Lipinski definition) is 8. The van der Waals surface area contributed by atoms with Crippen LogP contribution in [0.2, 0.25) is 0 Å². The number of nitrogens with two attached hydrogens (primary N) is 1. The first-order chi connectivity index (χ1) is 20.4. The summed E-state index contributed by atoms with van der Waals surface area (Å²) in [7, 11) is -6.99. The van der Waals surface area contributed by atoms with Gasteiger partial charge in [-0.25, -0.2) is 31.7 Å². The number of amides is 2. The number of carbonyl (C=O) groups is 3. The molecule has 1 fully saturated rings. The molecule has 1 heterocycles. The highest BCUT2D eigenvalue weighted by Gasteiger charge is 2.46. The Balaban J connectivity index is 1.49. The summed E-state index contributed by atoms with van der Waals surface area (Å²) in [6, 6.07) is 21.8. The van der Waals surface area contributed by atoms with Gasteiger partial charge in [0.1, 0.15) is 6.04 Å². The predicted molar refractivity (Wildman–Crippen MR) is 158 cm³/mol. The van der Waals surface area contributed by atoms with Crippen molar-refractivity contribution in [1.29, 1.82) is 0 Å². The number of fused-ring (bicyclic) bond motifs is 1. The first-order valence-electron chi connectivity index (χ1n) is 13.1. The predicted octanol–water partition coefficient (Wildman–Crippen LogP) is 2.84. The first kappa shape index (κ1) is 30.0. The lowest BCUT2D eigenvalue weighted by Gasteiger charge is -2.27. The molecule has 0 spiro atoms. The van der Waals surface area contributed by atoms with Crippen LogP contribution in [0.25, 0.3) is 10.8 Å². The van der Waals surface area contributed by atoms with Crippen LogP contribution >= 0.6 is 0 Å². The molecule has 1 saturated heterocycles. The molecule has 0 radical (unpaired) electrons. The highest BCUT2D eigenvalue weighted by molar-refractivity contribution is 7.89. The van der Waals surface area contributed by atoms with Crippen LogP contribution in [-0.4, -0.2) is 58.6 Å². The number of imide groups is 1. The van der Waals surface area contributed by atoms with Crippen LogP contribution in [0.3, 0.4) is 0 Å². The lowest BCUT2D eigenvalue weighted by Crippen LogP contribution is -2.46. The highest BCUT2D eigenvalue weighted by Crippen LogP contribution is 2.31. The second-order valence-electron chi connectivity index (χ2n) is 9.89. The van der Waals surface area contributed by atoms with Crippen LogP contribution in [-0.2, 0) is 40.8 Å². The first-order valence-corrected chi connectivity index (χ1v) is 16.1. The SMILES string of the molecule is COC(=O)c1ccc(N2C(=O)CC(N(CCc3ccc(S(N)(=O)=O)cc3)S(=O)(=O)c3ccc4ccccc4c3)C2=O)cc1. The number of primary sulfonamides is 1. The summed E-state index contributed by atoms with van der Waals surface area (Å²) in [5.74, 6) is -1.92. The smallest absolute Gasteiger partial charge is 0.337 e. The molecule has 1 aliphatic rings. The minimum absolute atomic E-state index is 0.0445. The molecule has 1 atom stereocenters. The fourth-order valence-corrected chi connectivity index (χ4v) is 7.10. The Hall–Kier alpha value is -4.43. The van der Waals surface area contributed by atoms with Crippen molar-refractivity contribution in [3.05, 3.63) is 102 Å². The van der Waals surface area contributed by atoms with Gasteiger partial charge in [-0.1, -0.05) is 42.5 Å². The van der Waals surface area contributed by atoms with E-state index in [1.807, 2.05) is 12.1 Å². The van der Waals surface area contributed by atoms with E-state index in [0.717, 1.165) is 14.6 Å². The van der Waals surface area contributed by atoms with E-state index in [-0.39, 0.29) is 34.0 Å². The van der Waals surface area contributed by atoms with Gasteiger partial charge in [0.25, 0.3) is 5.91 Å². The molecule has 0 saturated carbocycles. The zero-order valence-corrected chi connectivity index (χ0v) is 24.5. The molecule has 4 aromatic carbocycles. The molecule has 0 aliphatic carbocycles. The van der Waals surface area contributed by atoms with Crippen molar-refractivity contribution in [3.63, 3.8) is 0 Å². The normalized spacial score (nSPS) is 15.8. The van der Waals surface area contributed by atoms with E-state index in [4.69, 9.17) is 5.14 Å². The number of ether oxygens (including phenoxy) is 1. The van der Waals surface area contributed by atoms with Crippen LogP contribution in [0.1, 0.15) is 22.3 Å². The number of hydrogen-bond donors (Lipinski definition) is 1. The number of benzene rings is 4. The Morgan fingerprint density at radius 3 is 2.14 bits per heavy atom. The van der Waals surface area contributed by atoms with E-state index < -0.39 is 50.3 Å². The van der Waals surface area contributed by atoms with Crippen molar-refractivity contribution in [3.8, 4) is 0 Å². The molecule has 13 heteroatoms. The molecule has 0 bridgehead atoms. The molecule has 11 nitrogen and oxygen atoms in total. The summed E-state index contributed by atoms with van der Waals surface area (Å²) in [4.78, 5) is 39.5. The van der Waals surface area contributed by atoms with E-state index >= 15 is 0 Å². The van der Waals surface area contributed by atoms with Gasteiger partial charge >= 0.3 is 5.97 Å². The van der Waals surface area contributed by atoms with Crippen LogP contribution < -0.4 is 10.0 Å². The maximum absolute atomic E-state index is 14.1. The Bertz CT molecular complexity index is 1940.